The van der Waals surface area contributed by atoms with E-state index in [9.17, 15) is 4.79 Å². The lowest BCUT2D eigenvalue weighted by Gasteiger charge is -2.34. The summed E-state index contributed by atoms with van der Waals surface area (Å²) in [5.74, 6) is 1.18. The number of piperazine rings is 1. The number of carbonyl (C=O) groups is 1. The molecule has 4 nitrogen and oxygen atoms in total. The number of ether oxygens (including phenoxy) is 1. The van der Waals surface area contributed by atoms with Crippen LogP contribution in [-0.2, 0) is 11.2 Å². The highest BCUT2D eigenvalue weighted by atomic mass is 35.5. The normalized spacial score (nSPS) is 14.9. The van der Waals surface area contributed by atoms with Gasteiger partial charge in [-0.3, -0.25) is 9.69 Å². The molecular formula is C22H27ClN2O2. The summed E-state index contributed by atoms with van der Waals surface area (Å²) < 4.78 is 5.76. The first kappa shape index (κ1) is 19.7. The number of halogens is 1. The standard InChI is InChI=1S/C22H27ClN2O2/c23-20-11-9-19(10-12-20)5-4-8-22(26)25-15-13-24(14-16-25)17-18-27-21-6-2-1-3-7-21/h1-3,6-7,9-12H,4-5,8,13-18H2. The van der Waals surface area contributed by atoms with Crippen LogP contribution in [0.2, 0.25) is 5.02 Å². The molecule has 2 aromatic carbocycles. The molecule has 5 heteroatoms. The molecule has 0 aromatic heterocycles. The molecule has 0 radical (unpaired) electrons. The zero-order valence-corrected chi connectivity index (χ0v) is 16.4. The minimum atomic E-state index is 0.268. The molecule has 27 heavy (non-hydrogen) atoms. The zero-order chi connectivity index (χ0) is 18.9. The SMILES string of the molecule is O=C(CCCc1ccc(Cl)cc1)N1CCN(CCOc2ccccc2)CC1. The summed E-state index contributed by atoms with van der Waals surface area (Å²) in [6, 6.07) is 17.8. The van der Waals surface area contributed by atoms with Crippen LogP contribution >= 0.6 is 11.6 Å². The van der Waals surface area contributed by atoms with Crippen molar-refractivity contribution in [3.05, 3.63) is 65.2 Å². The topological polar surface area (TPSA) is 32.8 Å². The molecule has 144 valence electrons. The van der Waals surface area contributed by atoms with Gasteiger partial charge in [-0.15, -0.1) is 0 Å². The number of para-hydroxylation sites is 1. The maximum atomic E-state index is 12.4. The van der Waals surface area contributed by atoms with Gasteiger partial charge in [-0.2, -0.15) is 0 Å². The molecule has 0 atom stereocenters. The van der Waals surface area contributed by atoms with Gasteiger partial charge in [-0.05, 0) is 42.7 Å². The molecule has 1 amide bonds. The Bertz CT molecular complexity index is 698. The van der Waals surface area contributed by atoms with E-state index in [4.69, 9.17) is 16.3 Å². The average Bonchev–Trinajstić information content (AvgIpc) is 2.71. The summed E-state index contributed by atoms with van der Waals surface area (Å²) in [4.78, 5) is 16.8. The summed E-state index contributed by atoms with van der Waals surface area (Å²) in [7, 11) is 0. The number of nitrogens with zero attached hydrogens (tertiary/aromatic N) is 2. The van der Waals surface area contributed by atoms with Crippen LogP contribution in [0.3, 0.4) is 0 Å². The lowest BCUT2D eigenvalue weighted by molar-refractivity contribution is -0.133. The molecule has 0 spiro atoms. The van der Waals surface area contributed by atoms with E-state index in [2.05, 4.69) is 4.90 Å². The monoisotopic (exact) mass is 386 g/mol. The van der Waals surface area contributed by atoms with E-state index in [1.54, 1.807) is 0 Å². The van der Waals surface area contributed by atoms with Gasteiger partial charge in [0.25, 0.3) is 0 Å². The van der Waals surface area contributed by atoms with Gasteiger partial charge in [0.15, 0.2) is 0 Å². The molecule has 0 aliphatic carbocycles. The van der Waals surface area contributed by atoms with E-state index in [0.29, 0.717) is 13.0 Å². The quantitative estimate of drug-likeness (QED) is 0.690. The molecule has 0 bridgehead atoms. The van der Waals surface area contributed by atoms with Gasteiger partial charge >= 0.3 is 0 Å². The van der Waals surface area contributed by atoms with Crippen molar-refractivity contribution in [3.8, 4) is 5.75 Å². The Morgan fingerprint density at radius 2 is 1.67 bits per heavy atom. The second-order valence-electron chi connectivity index (χ2n) is 6.86. The molecule has 1 aliphatic heterocycles. The van der Waals surface area contributed by atoms with Gasteiger partial charge in [-0.25, -0.2) is 0 Å². The first-order valence-corrected chi connectivity index (χ1v) is 10.0. The van der Waals surface area contributed by atoms with Crippen LogP contribution in [0.1, 0.15) is 18.4 Å². The third-order valence-corrected chi connectivity index (χ3v) is 5.17. The van der Waals surface area contributed by atoms with Crippen molar-refractivity contribution in [1.29, 1.82) is 0 Å². The Kier molecular flexibility index (Phi) is 7.55. The molecule has 1 heterocycles. The van der Waals surface area contributed by atoms with Crippen LogP contribution in [0, 0.1) is 0 Å². The number of benzene rings is 2. The largest absolute Gasteiger partial charge is 0.492 e. The van der Waals surface area contributed by atoms with E-state index in [0.717, 1.165) is 56.3 Å². The molecule has 0 unspecified atom stereocenters. The predicted molar refractivity (Wildman–Crippen MR) is 109 cm³/mol. The highest BCUT2D eigenvalue weighted by Crippen LogP contribution is 2.13. The van der Waals surface area contributed by atoms with E-state index >= 15 is 0 Å². The molecule has 1 aliphatic rings. The van der Waals surface area contributed by atoms with Crippen molar-refractivity contribution in [2.75, 3.05) is 39.3 Å². The van der Waals surface area contributed by atoms with Gasteiger partial charge in [0, 0.05) is 44.2 Å². The molecule has 1 saturated heterocycles. The van der Waals surface area contributed by atoms with E-state index in [1.807, 2.05) is 59.5 Å². The fraction of sp³-hybridized carbons (Fsp3) is 0.409. The van der Waals surface area contributed by atoms with Crippen LogP contribution in [-0.4, -0.2) is 55.0 Å². The summed E-state index contributed by atoms with van der Waals surface area (Å²) in [6.07, 6.45) is 2.41. The maximum absolute atomic E-state index is 12.4. The summed E-state index contributed by atoms with van der Waals surface area (Å²) >= 11 is 5.90. The first-order chi connectivity index (χ1) is 13.2. The number of aryl methyl sites for hydroxylation is 1. The van der Waals surface area contributed by atoms with Gasteiger partial charge in [0.1, 0.15) is 12.4 Å². The van der Waals surface area contributed by atoms with Gasteiger partial charge in [-0.1, -0.05) is 41.9 Å². The van der Waals surface area contributed by atoms with Crippen molar-refractivity contribution in [3.63, 3.8) is 0 Å². The average molecular weight is 387 g/mol. The highest BCUT2D eigenvalue weighted by Gasteiger charge is 2.20. The van der Waals surface area contributed by atoms with Gasteiger partial charge in [0.2, 0.25) is 5.91 Å². The molecule has 1 fully saturated rings. The number of amides is 1. The fourth-order valence-electron chi connectivity index (χ4n) is 3.28. The van der Waals surface area contributed by atoms with E-state index in [-0.39, 0.29) is 5.91 Å². The zero-order valence-electron chi connectivity index (χ0n) is 15.6. The van der Waals surface area contributed by atoms with Crippen molar-refractivity contribution in [2.24, 2.45) is 0 Å². The van der Waals surface area contributed by atoms with Crippen LogP contribution in [0.15, 0.2) is 54.6 Å². The second kappa shape index (κ2) is 10.3. The minimum Gasteiger partial charge on any atom is -0.492 e. The Morgan fingerprint density at radius 1 is 0.963 bits per heavy atom. The summed E-state index contributed by atoms with van der Waals surface area (Å²) in [6.45, 7) is 5.03. The van der Waals surface area contributed by atoms with Gasteiger partial charge < -0.3 is 9.64 Å². The highest BCUT2D eigenvalue weighted by molar-refractivity contribution is 6.30. The minimum absolute atomic E-state index is 0.268. The van der Waals surface area contributed by atoms with Crippen LogP contribution in [0.5, 0.6) is 5.75 Å². The predicted octanol–water partition coefficient (Wildman–Crippen LogP) is 3.89. The first-order valence-electron chi connectivity index (χ1n) is 9.63. The van der Waals surface area contributed by atoms with Crippen molar-refractivity contribution < 1.29 is 9.53 Å². The number of carbonyl (C=O) groups excluding carboxylic acids is 1. The third-order valence-electron chi connectivity index (χ3n) is 4.91. The van der Waals surface area contributed by atoms with Crippen LogP contribution < -0.4 is 4.74 Å². The van der Waals surface area contributed by atoms with Crippen LogP contribution in [0.4, 0.5) is 0 Å². The summed E-state index contributed by atoms with van der Waals surface area (Å²) in [5.41, 5.74) is 1.23. The van der Waals surface area contributed by atoms with E-state index < -0.39 is 0 Å². The summed E-state index contributed by atoms with van der Waals surface area (Å²) in [5, 5.41) is 0.752. The lowest BCUT2D eigenvalue weighted by atomic mass is 10.1. The maximum Gasteiger partial charge on any atom is 0.222 e. The Morgan fingerprint density at radius 3 is 2.37 bits per heavy atom. The molecule has 2 aromatic rings. The Hall–Kier alpha value is -2.04. The third kappa shape index (κ3) is 6.56. The smallest absolute Gasteiger partial charge is 0.222 e. The van der Waals surface area contributed by atoms with Crippen molar-refractivity contribution in [1.82, 2.24) is 9.80 Å². The number of hydrogen-bond donors (Lipinski definition) is 0. The Balaban J connectivity index is 1.30. The van der Waals surface area contributed by atoms with E-state index in [1.165, 1.54) is 5.56 Å². The van der Waals surface area contributed by atoms with Crippen LogP contribution in [0.25, 0.3) is 0 Å². The van der Waals surface area contributed by atoms with Crippen molar-refractivity contribution in [2.45, 2.75) is 19.3 Å². The Labute approximate surface area is 166 Å². The molecule has 0 N–H and O–H groups in total. The second-order valence-corrected chi connectivity index (χ2v) is 7.30. The molecule has 3 rings (SSSR count). The van der Waals surface area contributed by atoms with Gasteiger partial charge in [0.05, 0.1) is 0 Å². The van der Waals surface area contributed by atoms with Crippen molar-refractivity contribution >= 4 is 17.5 Å². The lowest BCUT2D eigenvalue weighted by Crippen LogP contribution is -2.49. The molecule has 0 saturated carbocycles. The number of hydrogen-bond acceptors (Lipinski definition) is 3. The molecular weight excluding hydrogens is 360 g/mol. The number of rotatable bonds is 8. The fourth-order valence-corrected chi connectivity index (χ4v) is 3.41.